The van der Waals surface area contributed by atoms with Gasteiger partial charge in [0.2, 0.25) is 0 Å². The Morgan fingerprint density at radius 2 is 2.00 bits per heavy atom. The minimum absolute atomic E-state index is 0.234. The standard InChI is InChI=1S/C17H11F2NO2S/c1-22-17(21)11-4-2-3-10(7-11)16-20-15(9-23-16)13-6-5-12(18)8-14(13)19/h2-9H,1H3. The predicted octanol–water partition coefficient (Wildman–Crippen LogP) is 4.54. The molecule has 0 bridgehead atoms. The topological polar surface area (TPSA) is 39.2 Å². The summed E-state index contributed by atoms with van der Waals surface area (Å²) >= 11 is 1.31. The van der Waals surface area contributed by atoms with E-state index in [4.69, 9.17) is 0 Å². The van der Waals surface area contributed by atoms with Crippen LogP contribution in [0.3, 0.4) is 0 Å². The van der Waals surface area contributed by atoms with Crippen LogP contribution in [0.2, 0.25) is 0 Å². The van der Waals surface area contributed by atoms with Gasteiger partial charge in [-0.25, -0.2) is 18.6 Å². The van der Waals surface area contributed by atoms with Crippen LogP contribution in [0.5, 0.6) is 0 Å². The van der Waals surface area contributed by atoms with Crippen molar-refractivity contribution in [1.29, 1.82) is 0 Å². The third-order valence-electron chi connectivity index (χ3n) is 3.24. The molecule has 3 aromatic rings. The molecule has 0 radical (unpaired) electrons. The van der Waals surface area contributed by atoms with Crippen LogP contribution in [0.15, 0.2) is 47.8 Å². The Bertz CT molecular complexity index is 877. The first-order valence-electron chi connectivity index (χ1n) is 6.68. The SMILES string of the molecule is COC(=O)c1cccc(-c2nc(-c3ccc(F)cc3F)cs2)c1. The van der Waals surface area contributed by atoms with Crippen molar-refractivity contribution >= 4 is 17.3 Å². The quantitative estimate of drug-likeness (QED) is 0.661. The summed E-state index contributed by atoms with van der Waals surface area (Å²) in [5.74, 6) is -1.73. The first kappa shape index (κ1) is 15.3. The van der Waals surface area contributed by atoms with E-state index in [1.807, 2.05) is 0 Å². The van der Waals surface area contributed by atoms with Crippen LogP contribution >= 0.6 is 11.3 Å². The lowest BCUT2D eigenvalue weighted by Crippen LogP contribution is -2.00. The maximum absolute atomic E-state index is 13.8. The van der Waals surface area contributed by atoms with Gasteiger partial charge in [-0.3, -0.25) is 0 Å². The van der Waals surface area contributed by atoms with Crippen molar-refractivity contribution in [1.82, 2.24) is 4.98 Å². The number of thiazole rings is 1. The molecule has 0 unspecified atom stereocenters. The molecule has 0 atom stereocenters. The molecule has 0 saturated heterocycles. The maximum atomic E-state index is 13.8. The number of hydrogen-bond acceptors (Lipinski definition) is 4. The maximum Gasteiger partial charge on any atom is 0.337 e. The molecule has 116 valence electrons. The highest BCUT2D eigenvalue weighted by Crippen LogP contribution is 2.30. The van der Waals surface area contributed by atoms with Gasteiger partial charge in [-0.2, -0.15) is 0 Å². The number of carbonyl (C=O) groups is 1. The second-order valence-electron chi connectivity index (χ2n) is 4.73. The lowest BCUT2D eigenvalue weighted by molar-refractivity contribution is 0.0601. The zero-order chi connectivity index (χ0) is 16.4. The Morgan fingerprint density at radius 3 is 2.74 bits per heavy atom. The summed E-state index contributed by atoms with van der Waals surface area (Å²) in [6.07, 6.45) is 0. The van der Waals surface area contributed by atoms with Gasteiger partial charge in [0, 0.05) is 22.6 Å². The molecule has 0 aliphatic heterocycles. The molecular formula is C17H11F2NO2S. The molecule has 0 N–H and O–H groups in total. The van der Waals surface area contributed by atoms with Crippen LogP contribution < -0.4 is 0 Å². The summed E-state index contributed by atoms with van der Waals surface area (Å²) in [5, 5.41) is 2.32. The van der Waals surface area contributed by atoms with Gasteiger partial charge in [-0.05, 0) is 24.3 Å². The first-order chi connectivity index (χ1) is 11.1. The number of halogens is 2. The molecular weight excluding hydrogens is 320 g/mol. The normalized spacial score (nSPS) is 10.6. The largest absolute Gasteiger partial charge is 0.465 e. The van der Waals surface area contributed by atoms with Gasteiger partial charge in [0.25, 0.3) is 0 Å². The number of rotatable bonds is 3. The molecule has 1 heterocycles. The summed E-state index contributed by atoms with van der Waals surface area (Å²) in [7, 11) is 1.31. The number of ether oxygens (including phenoxy) is 1. The number of nitrogens with zero attached hydrogens (tertiary/aromatic N) is 1. The molecule has 0 aliphatic carbocycles. The Morgan fingerprint density at radius 1 is 1.17 bits per heavy atom. The molecule has 3 rings (SSSR count). The summed E-state index contributed by atoms with van der Waals surface area (Å²) in [6, 6.07) is 10.2. The van der Waals surface area contributed by atoms with Gasteiger partial charge >= 0.3 is 5.97 Å². The van der Waals surface area contributed by atoms with Crippen molar-refractivity contribution in [2.45, 2.75) is 0 Å². The van der Waals surface area contributed by atoms with Crippen molar-refractivity contribution < 1.29 is 18.3 Å². The molecule has 0 amide bonds. The number of aromatic nitrogens is 1. The van der Waals surface area contributed by atoms with Crippen LogP contribution in [0.1, 0.15) is 10.4 Å². The van der Waals surface area contributed by atoms with Crippen LogP contribution in [0.4, 0.5) is 8.78 Å². The van der Waals surface area contributed by atoms with Crippen LogP contribution in [-0.4, -0.2) is 18.1 Å². The zero-order valence-electron chi connectivity index (χ0n) is 12.0. The summed E-state index contributed by atoms with van der Waals surface area (Å²) < 4.78 is 31.5. The third kappa shape index (κ3) is 3.12. The molecule has 1 aromatic heterocycles. The minimum atomic E-state index is -0.662. The molecule has 0 aliphatic rings. The van der Waals surface area contributed by atoms with Crippen molar-refractivity contribution in [3.8, 4) is 21.8 Å². The van der Waals surface area contributed by atoms with E-state index in [9.17, 15) is 13.6 Å². The van der Waals surface area contributed by atoms with Crippen LogP contribution in [-0.2, 0) is 4.74 Å². The van der Waals surface area contributed by atoms with Gasteiger partial charge < -0.3 is 4.74 Å². The monoisotopic (exact) mass is 331 g/mol. The first-order valence-corrected chi connectivity index (χ1v) is 7.56. The van der Waals surface area contributed by atoms with Gasteiger partial charge in [0.15, 0.2) is 0 Å². The van der Waals surface area contributed by atoms with Crippen LogP contribution in [0.25, 0.3) is 21.8 Å². The molecule has 0 fully saturated rings. The highest BCUT2D eigenvalue weighted by molar-refractivity contribution is 7.13. The fourth-order valence-corrected chi connectivity index (χ4v) is 2.94. The lowest BCUT2D eigenvalue weighted by atomic mass is 10.1. The summed E-state index contributed by atoms with van der Waals surface area (Å²) in [4.78, 5) is 15.9. The van der Waals surface area contributed by atoms with Crippen molar-refractivity contribution in [3.63, 3.8) is 0 Å². The second kappa shape index (κ2) is 6.26. The van der Waals surface area contributed by atoms with Crippen LogP contribution in [0, 0.1) is 11.6 Å². The molecule has 0 spiro atoms. The van der Waals surface area contributed by atoms with E-state index in [1.54, 1.807) is 29.6 Å². The van der Waals surface area contributed by atoms with Crippen molar-refractivity contribution in [3.05, 3.63) is 65.0 Å². The van der Waals surface area contributed by atoms with E-state index in [2.05, 4.69) is 9.72 Å². The smallest absolute Gasteiger partial charge is 0.337 e. The molecule has 2 aromatic carbocycles. The van der Waals surface area contributed by atoms with Gasteiger partial charge in [-0.15, -0.1) is 11.3 Å². The summed E-state index contributed by atoms with van der Waals surface area (Å²) in [5.41, 5.74) is 1.80. The zero-order valence-corrected chi connectivity index (χ0v) is 12.9. The van der Waals surface area contributed by atoms with Gasteiger partial charge in [-0.1, -0.05) is 12.1 Å². The summed E-state index contributed by atoms with van der Waals surface area (Å²) in [6.45, 7) is 0. The Kier molecular flexibility index (Phi) is 4.16. The van der Waals surface area contributed by atoms with Gasteiger partial charge in [0.1, 0.15) is 16.6 Å². The van der Waals surface area contributed by atoms with E-state index in [1.165, 1.54) is 30.6 Å². The number of benzene rings is 2. The number of methoxy groups -OCH3 is 1. The molecule has 23 heavy (non-hydrogen) atoms. The average molecular weight is 331 g/mol. The highest BCUT2D eigenvalue weighted by Gasteiger charge is 2.13. The fraction of sp³-hybridized carbons (Fsp3) is 0.0588. The minimum Gasteiger partial charge on any atom is -0.465 e. The predicted molar refractivity (Wildman–Crippen MR) is 84.2 cm³/mol. The second-order valence-corrected chi connectivity index (χ2v) is 5.59. The number of hydrogen-bond donors (Lipinski definition) is 0. The number of carbonyl (C=O) groups excluding carboxylic acids is 1. The average Bonchev–Trinajstić information content (AvgIpc) is 3.04. The Labute approximate surface area is 135 Å². The molecule has 3 nitrogen and oxygen atoms in total. The van der Waals surface area contributed by atoms with E-state index in [-0.39, 0.29) is 5.56 Å². The fourth-order valence-electron chi connectivity index (χ4n) is 2.12. The van der Waals surface area contributed by atoms with E-state index in [0.29, 0.717) is 16.3 Å². The molecule has 6 heteroatoms. The van der Waals surface area contributed by atoms with E-state index >= 15 is 0 Å². The number of esters is 1. The van der Waals surface area contributed by atoms with Crippen molar-refractivity contribution in [2.75, 3.05) is 7.11 Å². The van der Waals surface area contributed by atoms with Crippen molar-refractivity contribution in [2.24, 2.45) is 0 Å². The molecule has 0 saturated carbocycles. The van der Waals surface area contributed by atoms with E-state index in [0.717, 1.165) is 11.6 Å². The highest BCUT2D eigenvalue weighted by atomic mass is 32.1. The Hall–Kier alpha value is -2.60. The van der Waals surface area contributed by atoms with Gasteiger partial charge in [0.05, 0.1) is 18.4 Å². The third-order valence-corrected chi connectivity index (χ3v) is 4.13. The Balaban J connectivity index is 1.97. The van der Waals surface area contributed by atoms with E-state index < -0.39 is 17.6 Å². The lowest BCUT2D eigenvalue weighted by Gasteiger charge is -2.02.